The minimum absolute atomic E-state index is 0.183. The van der Waals surface area contributed by atoms with Gasteiger partial charge >= 0.3 is 0 Å². The van der Waals surface area contributed by atoms with Crippen LogP contribution in [0.2, 0.25) is 5.02 Å². The van der Waals surface area contributed by atoms with Crippen LogP contribution in [-0.2, 0) is 6.42 Å². The standard InChI is InChI=1S/C16H22ClNO/c1-2-3-7-13-12-14(17)8-9-15(13)16(19)18-10-5-4-6-11-18/h8-9,12H,2-7,10-11H2,1H3. The van der Waals surface area contributed by atoms with Gasteiger partial charge in [-0.1, -0.05) is 24.9 Å². The van der Waals surface area contributed by atoms with E-state index in [-0.39, 0.29) is 5.91 Å². The Morgan fingerprint density at radius 1 is 1.26 bits per heavy atom. The van der Waals surface area contributed by atoms with Crippen LogP contribution in [0.4, 0.5) is 0 Å². The van der Waals surface area contributed by atoms with Gasteiger partial charge in [0.15, 0.2) is 0 Å². The van der Waals surface area contributed by atoms with E-state index in [2.05, 4.69) is 6.92 Å². The Bertz CT molecular complexity index is 438. The zero-order valence-corrected chi connectivity index (χ0v) is 12.4. The van der Waals surface area contributed by atoms with Crippen molar-refractivity contribution in [3.05, 3.63) is 34.3 Å². The van der Waals surface area contributed by atoms with E-state index in [1.54, 1.807) is 0 Å². The lowest BCUT2D eigenvalue weighted by Gasteiger charge is -2.27. The summed E-state index contributed by atoms with van der Waals surface area (Å²) in [4.78, 5) is 14.6. The van der Waals surface area contributed by atoms with Crippen LogP contribution in [0.25, 0.3) is 0 Å². The van der Waals surface area contributed by atoms with Gasteiger partial charge in [-0.25, -0.2) is 0 Å². The lowest BCUT2D eigenvalue weighted by molar-refractivity contribution is 0.0723. The van der Waals surface area contributed by atoms with E-state index in [9.17, 15) is 4.79 Å². The van der Waals surface area contributed by atoms with E-state index in [4.69, 9.17) is 11.6 Å². The number of aryl methyl sites for hydroxylation is 1. The molecule has 19 heavy (non-hydrogen) atoms. The van der Waals surface area contributed by atoms with E-state index in [1.165, 1.54) is 6.42 Å². The SMILES string of the molecule is CCCCc1cc(Cl)ccc1C(=O)N1CCCCC1. The fourth-order valence-electron chi connectivity index (χ4n) is 2.61. The average Bonchev–Trinajstić information content (AvgIpc) is 2.45. The van der Waals surface area contributed by atoms with E-state index < -0.39 is 0 Å². The fourth-order valence-corrected chi connectivity index (χ4v) is 2.81. The fraction of sp³-hybridized carbons (Fsp3) is 0.562. The summed E-state index contributed by atoms with van der Waals surface area (Å²) in [5.74, 6) is 0.183. The van der Waals surface area contributed by atoms with Crippen LogP contribution in [-0.4, -0.2) is 23.9 Å². The number of hydrogen-bond acceptors (Lipinski definition) is 1. The first-order valence-electron chi connectivity index (χ1n) is 7.30. The van der Waals surface area contributed by atoms with Crippen LogP contribution in [0.15, 0.2) is 18.2 Å². The molecule has 0 aromatic heterocycles. The molecular formula is C16H22ClNO. The molecule has 1 aromatic carbocycles. The second-order valence-corrected chi connectivity index (χ2v) is 5.69. The molecule has 0 atom stereocenters. The normalized spacial score (nSPS) is 15.6. The Kier molecular flexibility index (Phi) is 5.26. The third-order valence-electron chi connectivity index (χ3n) is 3.74. The number of nitrogens with zero attached hydrogens (tertiary/aromatic N) is 1. The van der Waals surface area contributed by atoms with Crippen molar-refractivity contribution in [2.45, 2.75) is 45.4 Å². The van der Waals surface area contributed by atoms with Crippen molar-refractivity contribution in [3.63, 3.8) is 0 Å². The molecule has 0 saturated carbocycles. The van der Waals surface area contributed by atoms with Gasteiger partial charge in [0.2, 0.25) is 0 Å². The second-order valence-electron chi connectivity index (χ2n) is 5.26. The van der Waals surface area contributed by atoms with Gasteiger partial charge in [0.1, 0.15) is 0 Å². The highest BCUT2D eigenvalue weighted by Crippen LogP contribution is 2.21. The number of piperidine rings is 1. The summed E-state index contributed by atoms with van der Waals surface area (Å²) in [7, 11) is 0. The lowest BCUT2D eigenvalue weighted by Crippen LogP contribution is -2.36. The highest BCUT2D eigenvalue weighted by Gasteiger charge is 2.20. The molecule has 104 valence electrons. The van der Waals surface area contributed by atoms with Gasteiger partial charge in [0.05, 0.1) is 0 Å². The van der Waals surface area contributed by atoms with Crippen molar-refractivity contribution in [2.24, 2.45) is 0 Å². The molecular weight excluding hydrogens is 258 g/mol. The van der Waals surface area contributed by atoms with Crippen LogP contribution in [0.3, 0.4) is 0 Å². The van der Waals surface area contributed by atoms with Gasteiger partial charge in [-0.15, -0.1) is 0 Å². The van der Waals surface area contributed by atoms with Crippen LogP contribution in [0, 0.1) is 0 Å². The molecule has 1 aromatic rings. The second kappa shape index (κ2) is 6.95. The maximum Gasteiger partial charge on any atom is 0.254 e. The Morgan fingerprint density at radius 3 is 2.68 bits per heavy atom. The molecule has 0 aliphatic carbocycles. The summed E-state index contributed by atoms with van der Waals surface area (Å²) in [6.45, 7) is 3.96. The minimum Gasteiger partial charge on any atom is -0.339 e. The van der Waals surface area contributed by atoms with Crippen LogP contribution < -0.4 is 0 Å². The first-order valence-corrected chi connectivity index (χ1v) is 7.68. The number of hydrogen-bond donors (Lipinski definition) is 0. The zero-order chi connectivity index (χ0) is 13.7. The Labute approximate surface area is 120 Å². The molecule has 0 spiro atoms. The number of rotatable bonds is 4. The predicted molar refractivity (Wildman–Crippen MR) is 79.8 cm³/mol. The minimum atomic E-state index is 0.183. The summed E-state index contributed by atoms with van der Waals surface area (Å²) in [6.07, 6.45) is 6.66. The maximum absolute atomic E-state index is 12.6. The number of amides is 1. The van der Waals surface area contributed by atoms with Gasteiger partial charge in [0.25, 0.3) is 5.91 Å². The molecule has 0 radical (unpaired) electrons. The Morgan fingerprint density at radius 2 is 2.00 bits per heavy atom. The molecule has 0 unspecified atom stereocenters. The van der Waals surface area contributed by atoms with Crippen molar-refractivity contribution < 1.29 is 4.79 Å². The van der Waals surface area contributed by atoms with Crippen LogP contribution >= 0.6 is 11.6 Å². The summed E-state index contributed by atoms with van der Waals surface area (Å²) in [5.41, 5.74) is 1.95. The topological polar surface area (TPSA) is 20.3 Å². The molecule has 0 N–H and O–H groups in total. The monoisotopic (exact) mass is 279 g/mol. The first-order chi connectivity index (χ1) is 9.22. The van der Waals surface area contributed by atoms with Crippen molar-refractivity contribution in [1.82, 2.24) is 4.90 Å². The number of unbranched alkanes of at least 4 members (excludes halogenated alkanes) is 1. The molecule has 0 bridgehead atoms. The molecule has 1 fully saturated rings. The Hall–Kier alpha value is -1.02. The first kappa shape index (κ1) is 14.4. The molecule has 2 rings (SSSR count). The largest absolute Gasteiger partial charge is 0.339 e. The van der Waals surface area contributed by atoms with Gasteiger partial charge in [-0.3, -0.25) is 4.79 Å². The average molecular weight is 280 g/mol. The van der Waals surface area contributed by atoms with Crippen LogP contribution in [0.1, 0.15) is 54.9 Å². The number of carbonyl (C=O) groups excluding carboxylic acids is 1. The molecule has 1 amide bonds. The predicted octanol–water partition coefficient (Wildman–Crippen LogP) is 4.31. The van der Waals surface area contributed by atoms with E-state index in [0.717, 1.165) is 61.3 Å². The number of halogens is 1. The maximum atomic E-state index is 12.6. The smallest absolute Gasteiger partial charge is 0.254 e. The van der Waals surface area contributed by atoms with Gasteiger partial charge in [0, 0.05) is 23.7 Å². The zero-order valence-electron chi connectivity index (χ0n) is 11.6. The van der Waals surface area contributed by atoms with E-state index in [0.29, 0.717) is 0 Å². The molecule has 1 aliphatic heterocycles. The van der Waals surface area contributed by atoms with Crippen molar-refractivity contribution >= 4 is 17.5 Å². The molecule has 1 heterocycles. The van der Waals surface area contributed by atoms with Crippen molar-refractivity contribution in [3.8, 4) is 0 Å². The summed E-state index contributed by atoms with van der Waals surface area (Å²) in [6, 6.07) is 5.67. The number of likely N-dealkylation sites (tertiary alicyclic amines) is 1. The molecule has 1 aliphatic rings. The van der Waals surface area contributed by atoms with Crippen molar-refractivity contribution in [2.75, 3.05) is 13.1 Å². The molecule has 3 heteroatoms. The third-order valence-corrected chi connectivity index (χ3v) is 3.98. The number of benzene rings is 1. The van der Waals surface area contributed by atoms with E-state index in [1.807, 2.05) is 23.1 Å². The quantitative estimate of drug-likeness (QED) is 0.804. The highest BCUT2D eigenvalue weighted by atomic mass is 35.5. The van der Waals surface area contributed by atoms with E-state index >= 15 is 0 Å². The molecule has 1 saturated heterocycles. The van der Waals surface area contributed by atoms with Gasteiger partial charge in [-0.2, -0.15) is 0 Å². The highest BCUT2D eigenvalue weighted by molar-refractivity contribution is 6.30. The molecule has 2 nitrogen and oxygen atoms in total. The summed E-state index contributed by atoms with van der Waals surface area (Å²) >= 11 is 6.06. The van der Waals surface area contributed by atoms with Crippen molar-refractivity contribution in [1.29, 1.82) is 0 Å². The summed E-state index contributed by atoms with van der Waals surface area (Å²) < 4.78 is 0. The third kappa shape index (κ3) is 3.73. The van der Waals surface area contributed by atoms with Gasteiger partial charge in [-0.05, 0) is 55.9 Å². The number of carbonyl (C=O) groups is 1. The van der Waals surface area contributed by atoms with Crippen LogP contribution in [0.5, 0.6) is 0 Å². The Balaban J connectivity index is 2.19. The lowest BCUT2D eigenvalue weighted by atomic mass is 10.00. The summed E-state index contributed by atoms with van der Waals surface area (Å²) in [5, 5.41) is 0.723. The van der Waals surface area contributed by atoms with Gasteiger partial charge < -0.3 is 4.90 Å².